The summed E-state index contributed by atoms with van der Waals surface area (Å²) in [6, 6.07) is 3.75. The molecule has 25 heteroatoms. The fourth-order valence-electron chi connectivity index (χ4n) is 7.02. The average molecular weight is 908 g/mol. The molecule has 6 aromatic rings. The average Bonchev–Trinajstić information content (AvgIpc) is 4.04. The number of Topliss-reactive ketones (excluding diaryl/α,β-unsaturated/α-hetero) is 1. The van der Waals surface area contributed by atoms with Crippen LogP contribution in [-0.2, 0) is 45.6 Å². The largest absolute Gasteiger partial charge is 0.476 e. The highest BCUT2D eigenvalue weighted by Crippen LogP contribution is 2.33. The molecule has 0 radical (unpaired) electrons. The van der Waals surface area contributed by atoms with Crippen molar-refractivity contribution in [3.05, 3.63) is 71.2 Å². The van der Waals surface area contributed by atoms with Crippen molar-refractivity contribution in [3.8, 4) is 0 Å². The molecule has 0 aliphatic carbocycles. The predicted octanol–water partition coefficient (Wildman–Crippen LogP) is 3.81. The number of nitrogens with zero attached hydrogens (tertiary/aromatic N) is 8. The van der Waals surface area contributed by atoms with Gasteiger partial charge in [0.05, 0.1) is 29.1 Å². The quantitative estimate of drug-likeness (QED) is 0.127. The molecule has 2 unspecified atom stereocenters. The van der Waals surface area contributed by atoms with Crippen molar-refractivity contribution in [2.45, 2.75) is 75.2 Å². The lowest BCUT2D eigenvalue weighted by Crippen LogP contribution is -2.36. The Bertz CT molecular complexity index is 2770. The van der Waals surface area contributed by atoms with Crippen LogP contribution in [0.25, 0.3) is 22.1 Å². The molecule has 20 nitrogen and oxygen atoms in total. The lowest BCUT2D eigenvalue weighted by molar-refractivity contribution is -0.131. The van der Waals surface area contributed by atoms with Gasteiger partial charge in [-0.25, -0.2) is 41.6 Å². The number of fused-ring (bicyclic) bond motifs is 4. The van der Waals surface area contributed by atoms with Gasteiger partial charge in [-0.1, -0.05) is 10.3 Å². The van der Waals surface area contributed by atoms with Gasteiger partial charge in [0, 0.05) is 68.4 Å². The molecule has 6 aromatic heterocycles. The number of H-pyrrole nitrogens is 2. The number of nitrogens with one attached hydrogen (secondary N) is 2. The molecule has 0 aromatic carbocycles. The van der Waals surface area contributed by atoms with Crippen molar-refractivity contribution in [3.63, 3.8) is 0 Å². The number of aromatic carboxylic acids is 1. The first-order valence-corrected chi connectivity index (χ1v) is 23.1. The van der Waals surface area contributed by atoms with Crippen molar-refractivity contribution >= 4 is 65.1 Å². The number of carbonyl (C=O) groups excluding carboxylic acids is 1. The van der Waals surface area contributed by atoms with E-state index >= 15 is 0 Å². The number of hydrogen-bond donors (Lipinski definition) is 4. The zero-order valence-electron chi connectivity index (χ0n) is 33.7. The van der Waals surface area contributed by atoms with Gasteiger partial charge in [-0.15, -0.1) is 0 Å². The summed E-state index contributed by atoms with van der Waals surface area (Å²) in [4.78, 5) is 50.9. The number of carbonyl (C=O) groups is 2. The van der Waals surface area contributed by atoms with Gasteiger partial charge in [0.15, 0.2) is 32.3 Å². The molecule has 8 rings (SSSR count). The maximum absolute atomic E-state index is 13.0. The van der Waals surface area contributed by atoms with Crippen LogP contribution in [0, 0.1) is 0 Å². The molecule has 0 fully saturated rings. The second kappa shape index (κ2) is 18.6. The van der Waals surface area contributed by atoms with Crippen LogP contribution >= 0.6 is 0 Å². The van der Waals surface area contributed by atoms with E-state index in [0.717, 1.165) is 22.2 Å². The summed E-state index contributed by atoms with van der Waals surface area (Å²) in [7, 11) is -7.18. The van der Waals surface area contributed by atoms with Crippen LogP contribution in [0.1, 0.15) is 76.2 Å². The lowest BCUT2D eigenvalue weighted by Gasteiger charge is -2.27. The Balaban J connectivity index is 0.000000182. The molecular formula is C37H44F3N11O9S2. The number of carboxylic acids is 1. The third kappa shape index (κ3) is 10.4. The number of aromatic nitrogens is 8. The molecule has 0 amide bonds. The van der Waals surface area contributed by atoms with Gasteiger partial charge in [-0.3, -0.25) is 4.79 Å². The van der Waals surface area contributed by atoms with Crippen LogP contribution in [0.5, 0.6) is 0 Å². The maximum atomic E-state index is 13.0. The smallest absolute Gasteiger partial charge is 0.405 e. The second-order valence-corrected chi connectivity index (χ2v) is 19.5. The van der Waals surface area contributed by atoms with Crippen LogP contribution in [0.4, 0.5) is 24.8 Å². The Hall–Kier alpha value is -5.95. The fourth-order valence-corrected chi connectivity index (χ4v) is 8.67. The Labute approximate surface area is 352 Å². The van der Waals surface area contributed by atoms with Crippen molar-refractivity contribution in [1.29, 1.82) is 0 Å². The summed E-state index contributed by atoms with van der Waals surface area (Å²) in [5.74, 6) is 1.10. The molecule has 0 saturated carbocycles. The van der Waals surface area contributed by atoms with Gasteiger partial charge in [-0.2, -0.15) is 13.2 Å². The third-order valence-corrected chi connectivity index (χ3v) is 13.7. The minimum atomic E-state index is -4.88. The number of carboxylic acid groups (broad SMARTS) is 1. The molecule has 5 N–H and O–H groups in total. The number of anilines is 2. The van der Waals surface area contributed by atoms with E-state index in [1.165, 1.54) is 18.9 Å². The number of hydrogen-bond acceptors (Lipinski definition) is 17. The Morgan fingerprint density at radius 1 is 0.823 bits per heavy atom. The molecule has 2 aliphatic rings. The molecule has 0 spiro atoms. The predicted molar refractivity (Wildman–Crippen MR) is 218 cm³/mol. The van der Waals surface area contributed by atoms with E-state index in [-0.39, 0.29) is 29.5 Å². The van der Waals surface area contributed by atoms with Crippen LogP contribution in [0.2, 0.25) is 0 Å². The highest BCUT2D eigenvalue weighted by atomic mass is 32.2. The normalized spacial score (nSPS) is 15.2. The van der Waals surface area contributed by atoms with Gasteiger partial charge in [0.25, 0.3) is 0 Å². The van der Waals surface area contributed by atoms with E-state index in [4.69, 9.17) is 19.9 Å². The third-order valence-electron chi connectivity index (χ3n) is 10.4. The van der Waals surface area contributed by atoms with Gasteiger partial charge in [0.1, 0.15) is 56.9 Å². The summed E-state index contributed by atoms with van der Waals surface area (Å²) < 4.78 is 93.7. The van der Waals surface area contributed by atoms with E-state index in [1.807, 2.05) is 21.9 Å². The standard InChI is InChI=1S/C19H20F3N5O4S.C13H11N5O3.C5H13NO2S/c1-32(29,30)15(19(20,21)22)4-2-3-13(28)16-12-9-27(8-6-14(12)31-26-16)18-11-5-7-23-17(11)24-10-25-18;19-13(20)10-8-5-18(4-2-9(8)21-17-10)12-7-1-3-14-11(7)15-6-16-12;1-5(3-4-6)9(2,7)8/h5,7,10,15H,2-4,6,8-9H2,1H3,(H,23,24,25);1,3,6H,2,4-5H2,(H,19,20)(H,14,15,16);5H,3-4,6H2,1-2H3. The molecule has 2 atom stereocenters. The van der Waals surface area contributed by atoms with Gasteiger partial charge in [0.2, 0.25) is 0 Å². The number of nitrogens with two attached hydrogens (primary N) is 1. The molecule has 2 aliphatic heterocycles. The zero-order valence-corrected chi connectivity index (χ0v) is 35.3. The van der Waals surface area contributed by atoms with Crippen LogP contribution in [0.15, 0.2) is 46.2 Å². The molecule has 0 bridgehead atoms. The number of alkyl halides is 3. The summed E-state index contributed by atoms with van der Waals surface area (Å²) in [5.41, 5.74) is 7.83. The van der Waals surface area contributed by atoms with Gasteiger partial charge < -0.3 is 39.7 Å². The zero-order chi connectivity index (χ0) is 45.0. The lowest BCUT2D eigenvalue weighted by atomic mass is 10.0. The molecule has 334 valence electrons. The summed E-state index contributed by atoms with van der Waals surface area (Å²) >= 11 is 0. The van der Waals surface area contributed by atoms with Crippen LogP contribution in [0.3, 0.4) is 0 Å². The second-order valence-electron chi connectivity index (χ2n) is 14.8. The Kier molecular flexibility index (Phi) is 13.7. The first kappa shape index (κ1) is 45.6. The van der Waals surface area contributed by atoms with Gasteiger partial charge in [-0.05, 0) is 44.9 Å². The van der Waals surface area contributed by atoms with E-state index in [1.54, 1.807) is 19.3 Å². The summed E-state index contributed by atoms with van der Waals surface area (Å²) in [6.07, 6.45) is 3.82. The first-order valence-electron chi connectivity index (χ1n) is 19.2. The minimum Gasteiger partial charge on any atom is -0.476 e. The highest BCUT2D eigenvalue weighted by Gasteiger charge is 2.46. The molecule has 8 heterocycles. The minimum absolute atomic E-state index is 0.0194. The Morgan fingerprint density at radius 3 is 1.76 bits per heavy atom. The van der Waals surface area contributed by atoms with Gasteiger partial charge >= 0.3 is 12.1 Å². The van der Waals surface area contributed by atoms with Crippen molar-refractivity contribution < 1.29 is 53.7 Å². The molecule has 62 heavy (non-hydrogen) atoms. The SMILES string of the molecule is CC(CCN)S(C)(=O)=O.CS(=O)(=O)C(CCCC(=O)c1noc2c1CN(c1ncnc3[nH]ccc13)CC2)C(F)(F)F.O=C(O)c1noc2c1CN(c1ncnc3[nH]ccc13)CC2. The molecular weight excluding hydrogens is 864 g/mol. The number of ketones is 1. The monoisotopic (exact) mass is 907 g/mol. The Morgan fingerprint density at radius 2 is 1.32 bits per heavy atom. The van der Waals surface area contributed by atoms with Crippen molar-refractivity contribution in [2.24, 2.45) is 5.73 Å². The summed E-state index contributed by atoms with van der Waals surface area (Å²) in [6.45, 7) is 4.09. The number of rotatable bonds is 12. The first-order chi connectivity index (χ1) is 29.3. The van der Waals surface area contributed by atoms with E-state index < -0.39 is 49.3 Å². The number of aromatic amines is 2. The maximum Gasteiger partial charge on any atom is 0.405 e. The van der Waals surface area contributed by atoms with Crippen molar-refractivity contribution in [2.75, 3.05) is 41.9 Å². The van der Waals surface area contributed by atoms with E-state index in [9.17, 15) is 39.6 Å². The van der Waals surface area contributed by atoms with E-state index in [2.05, 4.69) is 40.2 Å². The van der Waals surface area contributed by atoms with Crippen LogP contribution in [-0.4, -0.2) is 123 Å². The van der Waals surface area contributed by atoms with Crippen molar-refractivity contribution in [1.82, 2.24) is 40.2 Å². The number of halogens is 3. The highest BCUT2D eigenvalue weighted by molar-refractivity contribution is 7.91. The van der Waals surface area contributed by atoms with E-state index in [0.29, 0.717) is 92.4 Å². The summed E-state index contributed by atoms with van der Waals surface area (Å²) in [5, 5.41) is 15.6. The number of sulfone groups is 2. The fraction of sp³-hybridized carbons (Fsp3) is 0.459. The topological polar surface area (TPSA) is 290 Å². The molecule has 0 saturated heterocycles. The van der Waals surface area contributed by atoms with Crippen LogP contribution < -0.4 is 15.5 Å².